The Kier molecular flexibility index (Phi) is 6.23. The lowest BCUT2D eigenvalue weighted by atomic mass is 10.00. The van der Waals surface area contributed by atoms with E-state index < -0.39 is 32.7 Å². The van der Waals surface area contributed by atoms with E-state index in [0.717, 1.165) is 0 Å². The van der Waals surface area contributed by atoms with Gasteiger partial charge >= 0.3 is 11.9 Å². The second-order valence-corrected chi connectivity index (χ2v) is 18.1. The minimum atomic E-state index is -2.09. The molecule has 0 radical (unpaired) electrons. The largest absolute Gasteiger partial charge is 0.481 e. The predicted octanol–water partition coefficient (Wildman–Crippen LogP) is 3.83. The van der Waals surface area contributed by atoms with Gasteiger partial charge in [0.2, 0.25) is 0 Å². The molecule has 0 aliphatic rings. The van der Waals surface area contributed by atoms with Crippen molar-refractivity contribution in [3.8, 4) is 0 Å². The summed E-state index contributed by atoms with van der Waals surface area (Å²) in [4.78, 5) is 24.7. The van der Waals surface area contributed by atoms with Gasteiger partial charge in [-0.25, -0.2) is 0 Å². The zero-order chi connectivity index (χ0) is 16.4. The summed E-state index contributed by atoms with van der Waals surface area (Å²) >= 11 is 0. The topological polar surface area (TPSA) is 63.6 Å². The molecule has 118 valence electrons. The van der Waals surface area contributed by atoms with Crippen LogP contribution in [0.2, 0.25) is 49.9 Å². The first-order valence-corrected chi connectivity index (χ1v) is 14.3. The van der Waals surface area contributed by atoms with Crippen LogP contribution >= 0.6 is 0 Å². The lowest BCUT2D eigenvalue weighted by Crippen LogP contribution is -2.56. The number of carbonyl (C=O) groups is 2. The maximum atomic E-state index is 12.7. The third-order valence-corrected chi connectivity index (χ3v) is 10.4. The van der Waals surface area contributed by atoms with Crippen molar-refractivity contribution in [1.82, 2.24) is 0 Å². The molecule has 20 heavy (non-hydrogen) atoms. The van der Waals surface area contributed by atoms with Crippen LogP contribution in [0.4, 0.5) is 0 Å². The average molecular weight is 319 g/mol. The zero-order valence-corrected chi connectivity index (χ0v) is 16.2. The molecule has 6 heteroatoms. The summed E-state index contributed by atoms with van der Waals surface area (Å²) < 4.78 is 5.31. The number of ether oxygens (including phenoxy) is 1. The lowest BCUT2D eigenvalue weighted by Gasteiger charge is -2.48. The number of carboxylic acid groups (broad SMARTS) is 1. The summed E-state index contributed by atoms with van der Waals surface area (Å²) in [6.07, 6.45) is 0.531. The van der Waals surface area contributed by atoms with E-state index in [1.807, 2.05) is 26.6 Å². The van der Waals surface area contributed by atoms with Crippen LogP contribution in [0, 0.1) is 0 Å². The fourth-order valence-electron chi connectivity index (χ4n) is 3.32. The van der Waals surface area contributed by atoms with E-state index in [4.69, 9.17) is 4.74 Å². The summed E-state index contributed by atoms with van der Waals surface area (Å²) in [7, 11) is -4.17. The monoisotopic (exact) mass is 318 g/mol. The summed E-state index contributed by atoms with van der Waals surface area (Å²) in [5.74, 6) is -1.15. The Morgan fingerprint density at radius 1 is 1.10 bits per heavy atom. The van der Waals surface area contributed by atoms with Crippen molar-refractivity contribution in [3.63, 3.8) is 0 Å². The van der Waals surface area contributed by atoms with Gasteiger partial charge in [0.05, 0.1) is 33.3 Å². The van der Waals surface area contributed by atoms with Crippen LogP contribution in [0.1, 0.15) is 20.3 Å². The number of hydrogen-bond donors (Lipinski definition) is 1. The number of hydrogen-bond acceptors (Lipinski definition) is 3. The molecular formula is C14H30O4Si2. The molecule has 0 saturated heterocycles. The van der Waals surface area contributed by atoms with Crippen molar-refractivity contribution in [2.75, 3.05) is 6.61 Å². The van der Waals surface area contributed by atoms with E-state index in [0.29, 0.717) is 13.0 Å². The lowest BCUT2D eigenvalue weighted by molar-refractivity contribution is -0.152. The van der Waals surface area contributed by atoms with E-state index in [-0.39, 0.29) is 5.97 Å². The fraction of sp³-hybridized carbons (Fsp3) is 0.857. The number of rotatable bonds is 7. The molecule has 0 aromatic rings. The maximum Gasteiger partial charge on any atom is 0.309 e. The Hall–Kier alpha value is -0.626. The Bertz CT molecular complexity index is 368. The Labute approximate surface area is 124 Å². The third-order valence-electron chi connectivity index (χ3n) is 4.14. The van der Waals surface area contributed by atoms with Crippen molar-refractivity contribution in [2.24, 2.45) is 0 Å². The van der Waals surface area contributed by atoms with Gasteiger partial charge in [0.1, 0.15) is 0 Å². The Morgan fingerprint density at radius 3 is 1.75 bits per heavy atom. The Morgan fingerprint density at radius 2 is 1.55 bits per heavy atom. The van der Waals surface area contributed by atoms with E-state index in [1.54, 1.807) is 6.92 Å². The first-order valence-electron chi connectivity index (χ1n) is 7.26. The second-order valence-electron chi connectivity index (χ2n) is 7.43. The molecule has 0 rings (SSSR count). The third kappa shape index (κ3) is 3.52. The molecule has 2 unspecified atom stereocenters. The van der Waals surface area contributed by atoms with Crippen molar-refractivity contribution >= 4 is 28.1 Å². The van der Waals surface area contributed by atoms with Gasteiger partial charge in [0, 0.05) is 0 Å². The molecule has 0 spiro atoms. The van der Waals surface area contributed by atoms with E-state index >= 15 is 0 Å². The van der Waals surface area contributed by atoms with Crippen LogP contribution in [0.15, 0.2) is 0 Å². The molecule has 0 amide bonds. The van der Waals surface area contributed by atoms with Crippen molar-refractivity contribution in [3.05, 3.63) is 0 Å². The summed E-state index contributed by atoms with van der Waals surface area (Å²) in [5.41, 5.74) is -0.606. The smallest absolute Gasteiger partial charge is 0.309 e. The first kappa shape index (κ1) is 19.4. The molecule has 0 heterocycles. The quantitative estimate of drug-likeness (QED) is 0.572. The normalized spacial score (nSPS) is 17.2. The summed E-state index contributed by atoms with van der Waals surface area (Å²) in [6, 6.07) is 0. The minimum absolute atomic E-state index is 0.295. The van der Waals surface area contributed by atoms with Gasteiger partial charge in [-0.05, 0) is 13.3 Å². The van der Waals surface area contributed by atoms with Crippen molar-refractivity contribution in [2.45, 2.75) is 70.1 Å². The van der Waals surface area contributed by atoms with Crippen LogP contribution in [0.25, 0.3) is 0 Å². The highest BCUT2D eigenvalue weighted by atomic mass is 28.3. The number of esters is 1. The van der Waals surface area contributed by atoms with E-state index in [1.165, 1.54) is 0 Å². The zero-order valence-electron chi connectivity index (χ0n) is 14.2. The molecule has 0 fully saturated rings. The molecule has 1 N–H and O–H groups in total. The molecule has 0 aromatic carbocycles. The minimum Gasteiger partial charge on any atom is -0.481 e. The summed E-state index contributed by atoms with van der Waals surface area (Å²) in [6.45, 7) is 16.3. The van der Waals surface area contributed by atoms with Crippen LogP contribution < -0.4 is 0 Å². The highest BCUT2D eigenvalue weighted by molar-refractivity contribution is 6.89. The van der Waals surface area contributed by atoms with Gasteiger partial charge in [-0.1, -0.05) is 46.2 Å². The van der Waals surface area contributed by atoms with Crippen molar-refractivity contribution < 1.29 is 19.4 Å². The molecule has 0 aromatic heterocycles. The molecule has 4 nitrogen and oxygen atoms in total. The van der Waals surface area contributed by atoms with Crippen LogP contribution in [0.5, 0.6) is 0 Å². The molecular weight excluding hydrogens is 288 g/mol. The molecule has 0 bridgehead atoms. The van der Waals surface area contributed by atoms with E-state index in [9.17, 15) is 14.7 Å². The van der Waals surface area contributed by atoms with Gasteiger partial charge in [-0.2, -0.15) is 0 Å². The molecule has 2 atom stereocenters. The van der Waals surface area contributed by atoms with Gasteiger partial charge in [-0.15, -0.1) is 0 Å². The van der Waals surface area contributed by atoms with Gasteiger partial charge in [-0.3, -0.25) is 9.59 Å². The Balaban J connectivity index is 6.22. The first-order chi connectivity index (χ1) is 8.86. The van der Waals surface area contributed by atoms with Gasteiger partial charge in [0.25, 0.3) is 0 Å². The van der Waals surface area contributed by atoms with Crippen LogP contribution in [0.3, 0.4) is 0 Å². The fourth-order valence-corrected chi connectivity index (χ4v) is 11.2. The number of aliphatic carboxylic acids is 1. The average Bonchev–Trinajstić information content (AvgIpc) is 2.21. The molecule has 0 saturated carbocycles. The van der Waals surface area contributed by atoms with Crippen LogP contribution in [-0.2, 0) is 14.3 Å². The summed E-state index contributed by atoms with van der Waals surface area (Å²) in [5, 5.41) is 8.96. The number of carbonyl (C=O) groups excluding carboxylic acids is 1. The standard InChI is InChI=1S/C14H30O4Si2/c1-9-14(20(6,7)8,13(17)18-10-2)11(12(15)16)19(3,4)5/h11H,9-10H2,1-8H3,(H,15,16). The molecule has 0 aliphatic carbocycles. The van der Waals surface area contributed by atoms with Crippen molar-refractivity contribution in [1.29, 1.82) is 0 Å². The van der Waals surface area contributed by atoms with Gasteiger partial charge < -0.3 is 9.84 Å². The second kappa shape index (κ2) is 6.43. The van der Waals surface area contributed by atoms with Crippen LogP contribution in [-0.4, -0.2) is 39.8 Å². The predicted molar refractivity (Wildman–Crippen MR) is 87.7 cm³/mol. The van der Waals surface area contributed by atoms with E-state index in [2.05, 4.69) is 19.6 Å². The highest BCUT2D eigenvalue weighted by Crippen LogP contribution is 2.56. The maximum absolute atomic E-state index is 12.7. The number of carboxylic acids is 1. The highest BCUT2D eigenvalue weighted by Gasteiger charge is 2.61. The molecule has 0 aliphatic heterocycles. The SMILES string of the molecule is CCOC(=O)C(CC)(C(C(=O)O)[Si](C)(C)C)[Si](C)(C)C. The van der Waals surface area contributed by atoms with Gasteiger partial charge in [0.15, 0.2) is 0 Å².